The molecule has 1 unspecified atom stereocenters. The van der Waals surface area contributed by atoms with Gasteiger partial charge in [-0.1, -0.05) is 6.92 Å². The Hall–Kier alpha value is -1.18. The molecule has 2 heterocycles. The van der Waals surface area contributed by atoms with Gasteiger partial charge < -0.3 is 9.80 Å². The molecule has 13 heavy (non-hydrogen) atoms. The van der Waals surface area contributed by atoms with Crippen LogP contribution in [0.2, 0.25) is 0 Å². The van der Waals surface area contributed by atoms with E-state index in [-0.39, 0.29) is 0 Å². The second kappa shape index (κ2) is 2.95. The van der Waals surface area contributed by atoms with E-state index in [0.29, 0.717) is 6.17 Å². The van der Waals surface area contributed by atoms with Crippen LogP contribution in [-0.2, 0) is 0 Å². The molecule has 0 radical (unpaired) electrons. The molecule has 2 nitrogen and oxygen atoms in total. The van der Waals surface area contributed by atoms with Crippen LogP contribution in [0.3, 0.4) is 0 Å². The highest BCUT2D eigenvalue weighted by atomic mass is 15.4. The van der Waals surface area contributed by atoms with E-state index >= 15 is 0 Å². The lowest BCUT2D eigenvalue weighted by Crippen LogP contribution is -2.34. The van der Waals surface area contributed by atoms with Gasteiger partial charge in [0.25, 0.3) is 0 Å². The van der Waals surface area contributed by atoms with Gasteiger partial charge in [0.1, 0.15) is 6.17 Å². The lowest BCUT2D eigenvalue weighted by molar-refractivity contribution is 0.265. The molecule has 70 valence electrons. The summed E-state index contributed by atoms with van der Waals surface area (Å²) in [5.74, 6) is 0. The Morgan fingerprint density at radius 2 is 2.23 bits per heavy atom. The zero-order chi connectivity index (χ0) is 9.42. The summed E-state index contributed by atoms with van der Waals surface area (Å²) in [6.07, 6.45) is 10.4. The summed E-state index contributed by atoms with van der Waals surface area (Å²) >= 11 is 0. The molecule has 2 heteroatoms. The highest BCUT2D eigenvalue weighted by Gasteiger charge is 2.25. The van der Waals surface area contributed by atoms with Crippen LogP contribution in [-0.4, -0.2) is 23.0 Å². The molecule has 0 aliphatic carbocycles. The van der Waals surface area contributed by atoms with Crippen LogP contribution >= 0.6 is 0 Å². The average Bonchev–Trinajstić information content (AvgIpc) is 2.42. The molecule has 0 aromatic rings. The molecule has 0 saturated heterocycles. The van der Waals surface area contributed by atoms with Crippen LogP contribution in [0.4, 0.5) is 0 Å². The van der Waals surface area contributed by atoms with Gasteiger partial charge in [-0.3, -0.25) is 0 Å². The Morgan fingerprint density at radius 1 is 1.46 bits per heavy atom. The average molecular weight is 176 g/mol. The van der Waals surface area contributed by atoms with Crippen LogP contribution in [0.15, 0.2) is 35.8 Å². The third kappa shape index (κ3) is 1.26. The molecule has 0 saturated carbocycles. The Balaban J connectivity index is 2.26. The van der Waals surface area contributed by atoms with Crippen molar-refractivity contribution in [3.8, 4) is 0 Å². The predicted octanol–water partition coefficient (Wildman–Crippen LogP) is 2.28. The number of nitrogens with zero attached hydrogens (tertiary/aromatic N) is 2. The third-order valence-corrected chi connectivity index (χ3v) is 2.72. The lowest BCUT2D eigenvalue weighted by Gasteiger charge is -2.30. The third-order valence-electron chi connectivity index (χ3n) is 2.72. The minimum absolute atomic E-state index is 0.417. The van der Waals surface area contributed by atoms with E-state index in [4.69, 9.17) is 0 Å². The van der Waals surface area contributed by atoms with E-state index in [1.165, 1.54) is 11.3 Å². The highest BCUT2D eigenvalue weighted by Crippen LogP contribution is 2.27. The van der Waals surface area contributed by atoms with Gasteiger partial charge in [0.05, 0.1) is 0 Å². The molecule has 0 fully saturated rings. The van der Waals surface area contributed by atoms with E-state index in [9.17, 15) is 0 Å². The van der Waals surface area contributed by atoms with Gasteiger partial charge in [0.15, 0.2) is 0 Å². The van der Waals surface area contributed by atoms with Crippen molar-refractivity contribution in [2.24, 2.45) is 0 Å². The van der Waals surface area contributed by atoms with Crippen LogP contribution in [0, 0.1) is 0 Å². The largest absolute Gasteiger partial charge is 0.355 e. The molecule has 0 bridgehead atoms. The summed E-state index contributed by atoms with van der Waals surface area (Å²) in [5, 5.41) is 0. The fourth-order valence-electron chi connectivity index (χ4n) is 1.90. The number of hydrogen-bond acceptors (Lipinski definition) is 2. The SMILES string of the molecule is CCC1=CC2N(C)C=C(C)N2C=C1. The standard InChI is InChI=1S/C11H16N2/c1-4-10-5-6-13-9(2)8-12(3)11(13)7-10/h5-8,11H,4H2,1-3H3. The highest BCUT2D eigenvalue weighted by molar-refractivity contribution is 5.30. The maximum absolute atomic E-state index is 2.33. The quantitative estimate of drug-likeness (QED) is 0.605. The van der Waals surface area contributed by atoms with Crippen LogP contribution in [0.5, 0.6) is 0 Å². The van der Waals surface area contributed by atoms with Crippen LogP contribution in [0.25, 0.3) is 0 Å². The molecule has 0 aromatic heterocycles. The van der Waals surface area contributed by atoms with E-state index in [1.807, 2.05) is 0 Å². The summed E-state index contributed by atoms with van der Waals surface area (Å²) in [7, 11) is 2.12. The minimum atomic E-state index is 0.417. The smallest absolute Gasteiger partial charge is 0.125 e. The first-order valence-electron chi connectivity index (χ1n) is 4.80. The lowest BCUT2D eigenvalue weighted by atomic mass is 10.1. The molecule has 1 atom stereocenters. The molecule has 0 N–H and O–H groups in total. The van der Waals surface area contributed by atoms with Gasteiger partial charge >= 0.3 is 0 Å². The zero-order valence-electron chi connectivity index (χ0n) is 8.49. The Bertz CT molecular complexity index is 299. The first-order chi connectivity index (χ1) is 6.22. The summed E-state index contributed by atoms with van der Waals surface area (Å²) < 4.78 is 0. The summed E-state index contributed by atoms with van der Waals surface area (Å²) in [5.41, 5.74) is 2.74. The van der Waals surface area contributed by atoms with E-state index in [2.05, 4.69) is 55.2 Å². The monoisotopic (exact) mass is 176 g/mol. The molecular weight excluding hydrogens is 160 g/mol. The normalized spacial score (nSPS) is 25.9. The van der Waals surface area contributed by atoms with E-state index < -0.39 is 0 Å². The minimum Gasteiger partial charge on any atom is -0.355 e. The van der Waals surface area contributed by atoms with Crippen molar-refractivity contribution in [2.45, 2.75) is 26.4 Å². The van der Waals surface area contributed by atoms with Gasteiger partial charge in [0.2, 0.25) is 0 Å². The number of allylic oxidation sites excluding steroid dienone is 3. The van der Waals surface area contributed by atoms with Crippen LogP contribution < -0.4 is 0 Å². The van der Waals surface area contributed by atoms with Crippen molar-refractivity contribution in [2.75, 3.05) is 7.05 Å². The van der Waals surface area contributed by atoms with Crippen molar-refractivity contribution in [1.29, 1.82) is 0 Å². The van der Waals surface area contributed by atoms with Crippen molar-refractivity contribution in [1.82, 2.24) is 9.80 Å². The van der Waals surface area contributed by atoms with E-state index in [1.54, 1.807) is 0 Å². The maximum Gasteiger partial charge on any atom is 0.125 e. The van der Waals surface area contributed by atoms with Gasteiger partial charge in [-0.15, -0.1) is 0 Å². The summed E-state index contributed by atoms with van der Waals surface area (Å²) in [6, 6.07) is 0. The number of likely N-dealkylation sites (N-methyl/N-ethyl adjacent to an activating group) is 1. The topological polar surface area (TPSA) is 6.48 Å². The molecule has 0 amide bonds. The molecule has 2 rings (SSSR count). The number of rotatable bonds is 1. The number of hydrogen-bond donors (Lipinski definition) is 0. The Morgan fingerprint density at radius 3 is 2.92 bits per heavy atom. The second-order valence-electron chi connectivity index (χ2n) is 3.67. The molecule has 2 aliphatic heterocycles. The Labute approximate surface area is 79.8 Å². The second-order valence-corrected chi connectivity index (χ2v) is 3.67. The Kier molecular flexibility index (Phi) is 1.91. The number of fused-ring (bicyclic) bond motifs is 1. The first-order valence-corrected chi connectivity index (χ1v) is 4.80. The summed E-state index contributed by atoms with van der Waals surface area (Å²) in [6.45, 7) is 4.34. The molecule has 0 spiro atoms. The van der Waals surface area contributed by atoms with E-state index in [0.717, 1.165) is 6.42 Å². The van der Waals surface area contributed by atoms with Gasteiger partial charge in [-0.05, 0) is 31.1 Å². The molecular formula is C11H16N2. The van der Waals surface area contributed by atoms with Crippen LogP contribution in [0.1, 0.15) is 20.3 Å². The molecule has 0 aromatic carbocycles. The van der Waals surface area contributed by atoms with Gasteiger partial charge in [-0.25, -0.2) is 0 Å². The molecule has 2 aliphatic rings. The van der Waals surface area contributed by atoms with Gasteiger partial charge in [-0.2, -0.15) is 0 Å². The van der Waals surface area contributed by atoms with Gasteiger partial charge in [0, 0.05) is 25.1 Å². The fourth-order valence-corrected chi connectivity index (χ4v) is 1.90. The first kappa shape index (κ1) is 8.42. The zero-order valence-corrected chi connectivity index (χ0v) is 8.49. The predicted molar refractivity (Wildman–Crippen MR) is 54.7 cm³/mol. The maximum atomic E-state index is 2.33. The fraction of sp³-hybridized carbons (Fsp3) is 0.455. The van der Waals surface area contributed by atoms with Crippen molar-refractivity contribution in [3.05, 3.63) is 35.8 Å². The summed E-state index contributed by atoms with van der Waals surface area (Å²) in [4.78, 5) is 4.54. The van der Waals surface area contributed by atoms with Crippen molar-refractivity contribution < 1.29 is 0 Å². The van der Waals surface area contributed by atoms with Crippen molar-refractivity contribution >= 4 is 0 Å². The van der Waals surface area contributed by atoms with Crippen molar-refractivity contribution in [3.63, 3.8) is 0 Å².